The van der Waals surface area contributed by atoms with E-state index < -0.39 is 0 Å². The minimum atomic E-state index is -0.216. The molecule has 0 spiro atoms. The van der Waals surface area contributed by atoms with E-state index in [0.29, 0.717) is 5.82 Å². The van der Waals surface area contributed by atoms with E-state index in [0.717, 1.165) is 38.4 Å². The molecule has 0 atom stereocenters. The number of nitrogen functional groups attached to an aromatic ring is 1. The molecule has 8 nitrogen and oxygen atoms in total. The highest BCUT2D eigenvalue weighted by Gasteiger charge is 2.18. The minimum absolute atomic E-state index is 0.159. The molecule has 0 amide bonds. The Labute approximate surface area is 150 Å². The molecular weight excluding hydrogens is 330 g/mol. The maximum absolute atomic E-state index is 11.6. The number of anilines is 2. The molecule has 0 aliphatic carbocycles. The summed E-state index contributed by atoms with van der Waals surface area (Å²) in [6, 6.07) is 11.9. The first-order chi connectivity index (χ1) is 12.7. The third-order valence-corrected chi connectivity index (χ3v) is 4.55. The Morgan fingerprint density at radius 2 is 1.88 bits per heavy atom. The first kappa shape index (κ1) is 16.3. The van der Waals surface area contributed by atoms with Crippen LogP contribution >= 0.6 is 0 Å². The van der Waals surface area contributed by atoms with Crippen LogP contribution in [0.1, 0.15) is 5.56 Å². The van der Waals surface area contributed by atoms with Crippen LogP contribution in [0.4, 0.5) is 11.8 Å². The van der Waals surface area contributed by atoms with Gasteiger partial charge in [-0.25, -0.2) is 4.68 Å². The quantitative estimate of drug-likeness (QED) is 0.724. The monoisotopic (exact) mass is 351 g/mol. The van der Waals surface area contributed by atoms with Crippen LogP contribution in [0, 0.1) is 0 Å². The lowest BCUT2D eigenvalue weighted by molar-refractivity contribution is 0.249. The van der Waals surface area contributed by atoms with Crippen molar-refractivity contribution >= 4 is 11.8 Å². The van der Waals surface area contributed by atoms with Crippen LogP contribution in [0.3, 0.4) is 0 Å². The summed E-state index contributed by atoms with van der Waals surface area (Å²) in [6.45, 7) is 4.37. The molecule has 0 radical (unpaired) electrons. The van der Waals surface area contributed by atoms with E-state index in [1.807, 2.05) is 16.9 Å². The number of aromatic amines is 1. The molecule has 1 aromatic carbocycles. The molecule has 3 aromatic rings. The lowest BCUT2D eigenvalue weighted by Gasteiger charge is -2.35. The van der Waals surface area contributed by atoms with E-state index >= 15 is 0 Å². The van der Waals surface area contributed by atoms with Crippen LogP contribution in [0.5, 0.6) is 0 Å². The Morgan fingerprint density at radius 1 is 1.12 bits per heavy atom. The molecule has 26 heavy (non-hydrogen) atoms. The summed E-state index contributed by atoms with van der Waals surface area (Å²) in [6.07, 6.45) is 3.71. The maximum atomic E-state index is 11.6. The summed E-state index contributed by atoms with van der Waals surface area (Å²) in [5.41, 5.74) is 7.75. The number of hydrogen-bond acceptors (Lipinski definition) is 6. The molecule has 2 aromatic heterocycles. The average molecular weight is 351 g/mol. The van der Waals surface area contributed by atoms with Gasteiger partial charge in [-0.05, 0) is 23.8 Å². The van der Waals surface area contributed by atoms with E-state index in [-0.39, 0.29) is 11.5 Å². The van der Waals surface area contributed by atoms with Gasteiger partial charge in [-0.1, -0.05) is 12.1 Å². The lowest BCUT2D eigenvalue weighted by Crippen LogP contribution is -2.46. The van der Waals surface area contributed by atoms with Crippen molar-refractivity contribution < 1.29 is 0 Å². The minimum Gasteiger partial charge on any atom is -0.369 e. The van der Waals surface area contributed by atoms with Crippen molar-refractivity contribution in [1.29, 1.82) is 0 Å². The molecule has 1 aliphatic rings. The van der Waals surface area contributed by atoms with Crippen LogP contribution in [0.15, 0.2) is 53.6 Å². The number of piperazine rings is 1. The van der Waals surface area contributed by atoms with Crippen molar-refractivity contribution in [3.8, 4) is 5.69 Å². The van der Waals surface area contributed by atoms with Crippen LogP contribution in [0.25, 0.3) is 5.69 Å². The summed E-state index contributed by atoms with van der Waals surface area (Å²) in [5, 5.41) is 4.24. The first-order valence-electron chi connectivity index (χ1n) is 8.60. The third-order valence-electron chi connectivity index (χ3n) is 4.55. The van der Waals surface area contributed by atoms with Gasteiger partial charge in [0.25, 0.3) is 5.56 Å². The predicted octanol–water partition coefficient (Wildman–Crippen LogP) is 0.860. The van der Waals surface area contributed by atoms with Crippen molar-refractivity contribution in [2.24, 2.45) is 0 Å². The molecule has 3 N–H and O–H groups in total. The zero-order valence-corrected chi connectivity index (χ0v) is 14.4. The van der Waals surface area contributed by atoms with E-state index in [1.165, 1.54) is 11.6 Å². The summed E-state index contributed by atoms with van der Waals surface area (Å²) in [4.78, 5) is 22.7. The fraction of sp³-hybridized carbons (Fsp3) is 0.278. The average Bonchev–Trinajstić information content (AvgIpc) is 3.17. The molecule has 0 bridgehead atoms. The highest BCUT2D eigenvalue weighted by atomic mass is 16.1. The summed E-state index contributed by atoms with van der Waals surface area (Å²) in [7, 11) is 0. The molecule has 1 fully saturated rings. The number of aromatic nitrogens is 4. The topological polar surface area (TPSA) is 96.1 Å². The molecule has 0 unspecified atom stereocenters. The van der Waals surface area contributed by atoms with Gasteiger partial charge in [-0.2, -0.15) is 10.1 Å². The fourth-order valence-electron chi connectivity index (χ4n) is 3.19. The second-order valence-corrected chi connectivity index (χ2v) is 6.37. The van der Waals surface area contributed by atoms with E-state index in [4.69, 9.17) is 5.73 Å². The molecule has 3 heterocycles. The summed E-state index contributed by atoms with van der Waals surface area (Å²) < 4.78 is 1.85. The molecule has 8 heteroatoms. The SMILES string of the molecule is Nc1nc(N2CCN(Cc3ccc(-n4cccn4)cc3)CC2)cc(=O)[nH]1. The van der Waals surface area contributed by atoms with Gasteiger partial charge in [0.05, 0.1) is 5.69 Å². The maximum Gasteiger partial charge on any atom is 0.254 e. The second kappa shape index (κ2) is 7.01. The Bertz CT molecular complexity index is 909. The molecule has 4 rings (SSSR count). The zero-order chi connectivity index (χ0) is 17.9. The molecule has 1 saturated heterocycles. The van der Waals surface area contributed by atoms with E-state index in [1.54, 1.807) is 6.20 Å². The normalized spacial score (nSPS) is 15.3. The Kier molecular flexibility index (Phi) is 4.40. The van der Waals surface area contributed by atoms with Gasteiger partial charge in [0.2, 0.25) is 5.95 Å². The Morgan fingerprint density at radius 3 is 2.54 bits per heavy atom. The van der Waals surface area contributed by atoms with Crippen LogP contribution < -0.4 is 16.2 Å². The smallest absolute Gasteiger partial charge is 0.254 e. The van der Waals surface area contributed by atoms with Crippen LogP contribution in [-0.4, -0.2) is 50.8 Å². The van der Waals surface area contributed by atoms with Gasteiger partial charge in [0.15, 0.2) is 0 Å². The van der Waals surface area contributed by atoms with Gasteiger partial charge in [0.1, 0.15) is 5.82 Å². The van der Waals surface area contributed by atoms with Gasteiger partial charge >= 0.3 is 0 Å². The van der Waals surface area contributed by atoms with E-state index in [9.17, 15) is 4.79 Å². The fourth-order valence-corrected chi connectivity index (χ4v) is 3.19. The number of nitrogens with two attached hydrogens (primary N) is 1. The molecule has 134 valence electrons. The summed E-state index contributed by atoms with van der Waals surface area (Å²) >= 11 is 0. The standard InChI is InChI=1S/C18H21N7O/c19-18-21-16(12-17(26)22-18)24-10-8-23(9-11-24)13-14-2-4-15(5-3-14)25-7-1-6-20-25/h1-7,12H,8-11,13H2,(H3,19,21,22,26). The van der Waals surface area contributed by atoms with Crippen molar-refractivity contribution in [3.63, 3.8) is 0 Å². The highest BCUT2D eigenvalue weighted by molar-refractivity contribution is 5.41. The predicted molar refractivity (Wildman–Crippen MR) is 100 cm³/mol. The third kappa shape index (κ3) is 3.60. The van der Waals surface area contributed by atoms with Crippen LogP contribution in [-0.2, 0) is 6.54 Å². The van der Waals surface area contributed by atoms with Gasteiger partial charge in [-0.15, -0.1) is 0 Å². The first-order valence-corrected chi connectivity index (χ1v) is 8.60. The molecule has 0 saturated carbocycles. The van der Waals surface area contributed by atoms with Crippen molar-refractivity contribution in [3.05, 3.63) is 64.7 Å². The van der Waals surface area contributed by atoms with E-state index in [2.05, 4.69) is 49.1 Å². The number of H-pyrrole nitrogens is 1. The van der Waals surface area contributed by atoms with Gasteiger partial charge in [0, 0.05) is 51.2 Å². The van der Waals surface area contributed by atoms with Gasteiger partial charge < -0.3 is 10.6 Å². The number of nitrogens with one attached hydrogen (secondary N) is 1. The number of nitrogens with zero attached hydrogens (tertiary/aromatic N) is 5. The summed E-state index contributed by atoms with van der Waals surface area (Å²) in [5.74, 6) is 0.807. The molecular formula is C18H21N7O. The Hall–Kier alpha value is -3.13. The van der Waals surface area contributed by atoms with Crippen molar-refractivity contribution in [1.82, 2.24) is 24.6 Å². The van der Waals surface area contributed by atoms with Crippen LogP contribution in [0.2, 0.25) is 0 Å². The number of hydrogen-bond donors (Lipinski definition) is 2. The van der Waals surface area contributed by atoms with Crippen molar-refractivity contribution in [2.75, 3.05) is 36.8 Å². The zero-order valence-electron chi connectivity index (χ0n) is 14.4. The van der Waals surface area contributed by atoms with Gasteiger partial charge in [-0.3, -0.25) is 14.7 Å². The van der Waals surface area contributed by atoms with Crippen molar-refractivity contribution in [2.45, 2.75) is 6.54 Å². The number of benzene rings is 1. The Balaban J connectivity index is 1.35. The lowest BCUT2D eigenvalue weighted by atomic mass is 10.2. The number of rotatable bonds is 4. The highest BCUT2D eigenvalue weighted by Crippen LogP contribution is 2.15. The second-order valence-electron chi connectivity index (χ2n) is 6.37. The molecule has 1 aliphatic heterocycles. The largest absolute Gasteiger partial charge is 0.369 e.